The van der Waals surface area contributed by atoms with E-state index >= 15 is 0 Å². The molecule has 0 heterocycles. The molecule has 1 rings (SSSR count). The van der Waals surface area contributed by atoms with Crippen molar-refractivity contribution in [1.29, 1.82) is 0 Å². The van der Waals surface area contributed by atoms with Gasteiger partial charge in [-0.05, 0) is 31.4 Å². The Bertz CT molecular complexity index is 328. The summed E-state index contributed by atoms with van der Waals surface area (Å²) in [7, 11) is 0. The fourth-order valence-corrected chi connectivity index (χ4v) is 1.70. The summed E-state index contributed by atoms with van der Waals surface area (Å²) in [6.45, 7) is 7.29. The van der Waals surface area contributed by atoms with Gasteiger partial charge in [-0.3, -0.25) is 0 Å². The molecule has 0 aromatic heterocycles. The van der Waals surface area contributed by atoms with Gasteiger partial charge in [0, 0.05) is 12.1 Å². The monoisotopic (exact) mass is 253 g/mol. The van der Waals surface area contributed by atoms with E-state index < -0.39 is 0 Å². The van der Waals surface area contributed by atoms with Crippen molar-refractivity contribution in [2.45, 2.75) is 33.3 Å². The van der Waals surface area contributed by atoms with Crippen molar-refractivity contribution < 1.29 is 9.13 Å². The highest BCUT2D eigenvalue weighted by Crippen LogP contribution is 2.07. The molecule has 0 spiro atoms. The maximum Gasteiger partial charge on any atom is 0.128 e. The Labute approximate surface area is 110 Å². The third-order valence-corrected chi connectivity index (χ3v) is 2.77. The molecule has 1 aromatic rings. The lowest BCUT2D eigenvalue weighted by atomic mass is 10.1. The fraction of sp³-hybridized carbons (Fsp3) is 0.600. The molecule has 18 heavy (non-hydrogen) atoms. The number of nitrogens with one attached hydrogen (secondary N) is 1. The molecule has 2 nitrogen and oxygen atoms in total. The zero-order valence-electron chi connectivity index (χ0n) is 11.4. The normalized spacial score (nSPS) is 11.1. The molecule has 0 atom stereocenters. The van der Waals surface area contributed by atoms with E-state index in [2.05, 4.69) is 19.2 Å². The van der Waals surface area contributed by atoms with E-state index in [1.54, 1.807) is 12.1 Å². The predicted molar refractivity (Wildman–Crippen MR) is 73.0 cm³/mol. The topological polar surface area (TPSA) is 21.3 Å². The van der Waals surface area contributed by atoms with Crippen LogP contribution in [-0.2, 0) is 11.3 Å². The van der Waals surface area contributed by atoms with Gasteiger partial charge in [0.2, 0.25) is 0 Å². The molecular weight excluding hydrogens is 229 g/mol. The van der Waals surface area contributed by atoms with Gasteiger partial charge in [-0.25, -0.2) is 4.39 Å². The lowest BCUT2D eigenvalue weighted by Gasteiger charge is -2.08. The molecule has 0 fully saturated rings. The smallest absolute Gasteiger partial charge is 0.128 e. The molecule has 0 aliphatic rings. The van der Waals surface area contributed by atoms with Crippen LogP contribution in [0.2, 0.25) is 0 Å². The minimum Gasteiger partial charge on any atom is -0.375 e. The predicted octanol–water partition coefficient (Wildman–Crippen LogP) is 3.37. The fourth-order valence-electron chi connectivity index (χ4n) is 1.70. The Kier molecular flexibility index (Phi) is 7.62. The van der Waals surface area contributed by atoms with Gasteiger partial charge in [0.05, 0.1) is 13.2 Å². The van der Waals surface area contributed by atoms with Crippen LogP contribution in [0.1, 0.15) is 32.3 Å². The average Bonchev–Trinajstić information content (AvgIpc) is 2.34. The van der Waals surface area contributed by atoms with E-state index in [1.807, 2.05) is 6.07 Å². The van der Waals surface area contributed by atoms with Crippen LogP contribution in [0.3, 0.4) is 0 Å². The molecule has 1 aromatic carbocycles. The van der Waals surface area contributed by atoms with Crippen molar-refractivity contribution in [2.24, 2.45) is 5.92 Å². The molecule has 0 aliphatic heterocycles. The summed E-state index contributed by atoms with van der Waals surface area (Å²) in [5.41, 5.74) is 0.623. The highest BCUT2D eigenvalue weighted by molar-refractivity contribution is 5.16. The maximum absolute atomic E-state index is 13.2. The Morgan fingerprint density at radius 1 is 1.22 bits per heavy atom. The zero-order chi connectivity index (χ0) is 13.2. The summed E-state index contributed by atoms with van der Waals surface area (Å²) in [5, 5.41) is 3.32. The number of benzene rings is 1. The van der Waals surface area contributed by atoms with E-state index in [1.165, 1.54) is 18.9 Å². The van der Waals surface area contributed by atoms with Crippen molar-refractivity contribution in [2.75, 3.05) is 19.7 Å². The third-order valence-electron chi connectivity index (χ3n) is 2.77. The molecule has 3 heteroatoms. The second kappa shape index (κ2) is 9.06. The van der Waals surface area contributed by atoms with Crippen LogP contribution < -0.4 is 5.32 Å². The molecule has 0 unspecified atom stereocenters. The second-order valence-corrected chi connectivity index (χ2v) is 4.93. The lowest BCUT2D eigenvalue weighted by Crippen LogP contribution is -2.21. The summed E-state index contributed by atoms with van der Waals surface area (Å²) in [4.78, 5) is 0. The van der Waals surface area contributed by atoms with Gasteiger partial charge in [0.15, 0.2) is 0 Å². The SMILES string of the molecule is CC(C)CCCNCCOCc1ccccc1F. The second-order valence-electron chi connectivity index (χ2n) is 4.93. The quantitative estimate of drug-likeness (QED) is 0.681. The van der Waals surface area contributed by atoms with Gasteiger partial charge in [0.25, 0.3) is 0 Å². The standard InChI is InChI=1S/C15H24FNO/c1-13(2)6-5-9-17-10-11-18-12-14-7-3-4-8-15(14)16/h3-4,7-8,13,17H,5-6,9-12H2,1-2H3. The number of halogens is 1. The van der Waals surface area contributed by atoms with Gasteiger partial charge in [0.1, 0.15) is 5.82 Å². The molecule has 0 saturated carbocycles. The van der Waals surface area contributed by atoms with Gasteiger partial charge in [-0.15, -0.1) is 0 Å². The molecule has 0 bridgehead atoms. The first-order chi connectivity index (χ1) is 8.70. The van der Waals surface area contributed by atoms with Crippen LogP contribution in [0.25, 0.3) is 0 Å². The van der Waals surface area contributed by atoms with Gasteiger partial charge in [-0.2, -0.15) is 0 Å². The maximum atomic E-state index is 13.2. The minimum atomic E-state index is -0.192. The summed E-state index contributed by atoms with van der Waals surface area (Å²) in [6.07, 6.45) is 2.45. The highest BCUT2D eigenvalue weighted by Gasteiger charge is 1.99. The first-order valence-corrected chi connectivity index (χ1v) is 6.72. The number of ether oxygens (including phenoxy) is 1. The van der Waals surface area contributed by atoms with E-state index in [9.17, 15) is 4.39 Å². The summed E-state index contributed by atoms with van der Waals surface area (Å²) in [6, 6.07) is 6.73. The van der Waals surface area contributed by atoms with Crippen molar-refractivity contribution in [3.8, 4) is 0 Å². The van der Waals surface area contributed by atoms with Crippen molar-refractivity contribution in [1.82, 2.24) is 5.32 Å². The van der Waals surface area contributed by atoms with Crippen LogP contribution >= 0.6 is 0 Å². The largest absolute Gasteiger partial charge is 0.375 e. The summed E-state index contributed by atoms with van der Waals surface area (Å²) in [5.74, 6) is 0.575. The Balaban J connectivity index is 1.98. The van der Waals surface area contributed by atoms with Crippen LogP contribution in [0, 0.1) is 11.7 Å². The molecule has 0 amide bonds. The van der Waals surface area contributed by atoms with Gasteiger partial charge >= 0.3 is 0 Å². The van der Waals surface area contributed by atoms with Crippen molar-refractivity contribution in [3.05, 3.63) is 35.6 Å². The zero-order valence-corrected chi connectivity index (χ0v) is 11.4. The van der Waals surface area contributed by atoms with E-state index in [-0.39, 0.29) is 5.82 Å². The number of rotatable bonds is 9. The lowest BCUT2D eigenvalue weighted by molar-refractivity contribution is 0.120. The number of hydrogen-bond acceptors (Lipinski definition) is 2. The van der Waals surface area contributed by atoms with Crippen LogP contribution in [0.4, 0.5) is 4.39 Å². The van der Waals surface area contributed by atoms with Crippen LogP contribution in [0.15, 0.2) is 24.3 Å². The molecule has 1 N–H and O–H groups in total. The Hall–Kier alpha value is -0.930. The number of hydrogen-bond donors (Lipinski definition) is 1. The first-order valence-electron chi connectivity index (χ1n) is 6.72. The van der Waals surface area contributed by atoms with Crippen LogP contribution in [0.5, 0.6) is 0 Å². The Morgan fingerprint density at radius 2 is 2.00 bits per heavy atom. The molecule has 102 valence electrons. The van der Waals surface area contributed by atoms with Crippen molar-refractivity contribution in [3.63, 3.8) is 0 Å². The van der Waals surface area contributed by atoms with Gasteiger partial charge < -0.3 is 10.1 Å². The van der Waals surface area contributed by atoms with Gasteiger partial charge in [-0.1, -0.05) is 32.0 Å². The first kappa shape index (κ1) is 15.1. The molecule has 0 saturated heterocycles. The summed E-state index contributed by atoms with van der Waals surface area (Å²) >= 11 is 0. The van der Waals surface area contributed by atoms with Crippen LogP contribution in [-0.4, -0.2) is 19.7 Å². The van der Waals surface area contributed by atoms with E-state index in [0.29, 0.717) is 18.8 Å². The minimum absolute atomic E-state index is 0.192. The summed E-state index contributed by atoms with van der Waals surface area (Å²) < 4.78 is 18.7. The Morgan fingerprint density at radius 3 is 2.72 bits per heavy atom. The highest BCUT2D eigenvalue weighted by atomic mass is 19.1. The average molecular weight is 253 g/mol. The third kappa shape index (κ3) is 6.72. The molecule has 0 aliphatic carbocycles. The van der Waals surface area contributed by atoms with E-state index in [0.717, 1.165) is 19.0 Å². The van der Waals surface area contributed by atoms with E-state index in [4.69, 9.17) is 4.74 Å². The van der Waals surface area contributed by atoms with Crippen molar-refractivity contribution >= 4 is 0 Å². The molecule has 0 radical (unpaired) electrons. The molecular formula is C15H24FNO.